The van der Waals surface area contributed by atoms with Crippen LogP contribution in [0.25, 0.3) is 10.9 Å². The molecule has 1 heterocycles. The predicted molar refractivity (Wildman–Crippen MR) is 94.3 cm³/mol. The average Bonchev–Trinajstić information content (AvgIpc) is 2.59. The maximum absolute atomic E-state index is 12.3. The third-order valence-electron chi connectivity index (χ3n) is 3.53. The van der Waals surface area contributed by atoms with Gasteiger partial charge in [0.2, 0.25) is 5.91 Å². The highest BCUT2D eigenvalue weighted by atomic mass is 16.2. The summed E-state index contributed by atoms with van der Waals surface area (Å²) in [6.07, 6.45) is 0. The summed E-state index contributed by atoms with van der Waals surface area (Å²) in [5, 5.41) is 5.82. The largest absolute Gasteiger partial charge is 0.345 e. The van der Waals surface area contributed by atoms with Gasteiger partial charge in [-0.05, 0) is 29.8 Å². The summed E-state index contributed by atoms with van der Waals surface area (Å²) in [7, 11) is 0. The van der Waals surface area contributed by atoms with Crippen molar-refractivity contribution in [3.8, 4) is 0 Å². The van der Waals surface area contributed by atoms with Gasteiger partial charge < -0.3 is 15.6 Å². The molecule has 1 aromatic heterocycles. The number of carbonyl (C=O) groups is 2. The number of nitrogens with zero attached hydrogens (tertiary/aromatic N) is 1. The number of anilines is 1. The molecule has 0 unspecified atom stereocenters. The van der Waals surface area contributed by atoms with E-state index in [-0.39, 0.29) is 23.8 Å². The number of rotatable bonds is 4. The van der Waals surface area contributed by atoms with Gasteiger partial charge in [-0.1, -0.05) is 24.3 Å². The minimum Gasteiger partial charge on any atom is -0.345 e. The van der Waals surface area contributed by atoms with Gasteiger partial charge in [-0.3, -0.25) is 14.4 Å². The molecule has 7 nitrogen and oxygen atoms in total. The lowest BCUT2D eigenvalue weighted by atomic mass is 10.2. The highest BCUT2D eigenvalue weighted by Crippen LogP contribution is 2.11. The summed E-state index contributed by atoms with van der Waals surface area (Å²) < 4.78 is 0. The average molecular weight is 336 g/mol. The van der Waals surface area contributed by atoms with E-state index in [0.29, 0.717) is 16.6 Å². The summed E-state index contributed by atoms with van der Waals surface area (Å²) in [5.41, 5.74) is 1.56. The van der Waals surface area contributed by atoms with Crippen LogP contribution in [0.5, 0.6) is 0 Å². The molecule has 3 N–H and O–H groups in total. The lowest BCUT2D eigenvalue weighted by Crippen LogP contribution is -2.27. The van der Waals surface area contributed by atoms with Crippen molar-refractivity contribution in [1.82, 2.24) is 15.3 Å². The first-order valence-corrected chi connectivity index (χ1v) is 7.67. The van der Waals surface area contributed by atoms with Gasteiger partial charge in [0.25, 0.3) is 11.5 Å². The van der Waals surface area contributed by atoms with Crippen molar-refractivity contribution in [2.24, 2.45) is 0 Å². The van der Waals surface area contributed by atoms with Gasteiger partial charge in [-0.15, -0.1) is 0 Å². The van der Waals surface area contributed by atoms with Crippen molar-refractivity contribution < 1.29 is 9.59 Å². The van der Waals surface area contributed by atoms with Crippen LogP contribution in [0.1, 0.15) is 23.1 Å². The number of amides is 2. The maximum atomic E-state index is 12.3. The number of hydrogen-bond acceptors (Lipinski definition) is 4. The lowest BCUT2D eigenvalue weighted by molar-refractivity contribution is -0.114. The Morgan fingerprint density at radius 1 is 1.12 bits per heavy atom. The van der Waals surface area contributed by atoms with Crippen LogP contribution in [0, 0.1) is 0 Å². The Kier molecular flexibility index (Phi) is 4.56. The van der Waals surface area contributed by atoms with Crippen molar-refractivity contribution in [2.45, 2.75) is 13.5 Å². The molecule has 2 amide bonds. The van der Waals surface area contributed by atoms with Crippen LogP contribution in [0.15, 0.2) is 53.3 Å². The van der Waals surface area contributed by atoms with Gasteiger partial charge >= 0.3 is 0 Å². The molecular formula is C18H16N4O3. The third kappa shape index (κ3) is 3.89. The van der Waals surface area contributed by atoms with E-state index in [1.165, 1.54) is 6.92 Å². The number of nitrogens with one attached hydrogen (secondary N) is 3. The van der Waals surface area contributed by atoms with E-state index in [4.69, 9.17) is 0 Å². The molecule has 3 rings (SSSR count). The fraction of sp³-hybridized carbons (Fsp3) is 0.111. The number of carbonyl (C=O) groups excluding carboxylic acids is 2. The Balaban J connectivity index is 1.75. The molecule has 0 atom stereocenters. The van der Waals surface area contributed by atoms with Crippen molar-refractivity contribution >= 4 is 28.4 Å². The molecule has 0 saturated heterocycles. The molecule has 0 aliphatic rings. The van der Waals surface area contributed by atoms with Crippen molar-refractivity contribution in [3.05, 3.63) is 70.3 Å². The first-order valence-electron chi connectivity index (χ1n) is 7.67. The van der Waals surface area contributed by atoms with Crippen LogP contribution in [0.3, 0.4) is 0 Å². The van der Waals surface area contributed by atoms with Gasteiger partial charge in [0.05, 0.1) is 10.9 Å². The van der Waals surface area contributed by atoms with Crippen molar-refractivity contribution in [3.63, 3.8) is 0 Å². The monoisotopic (exact) mass is 336 g/mol. The molecular weight excluding hydrogens is 320 g/mol. The van der Waals surface area contributed by atoms with Crippen molar-refractivity contribution in [2.75, 3.05) is 5.32 Å². The molecule has 0 spiro atoms. The highest BCUT2D eigenvalue weighted by Gasteiger charge is 2.11. The number of hydrogen-bond donors (Lipinski definition) is 3. The normalized spacial score (nSPS) is 10.4. The first kappa shape index (κ1) is 16.4. The standard InChI is InChI=1S/C18H16N4O3/c1-11(23)20-13-6-4-5-12(9-13)10-19-18(25)16-21-15-8-3-2-7-14(15)17(24)22-16/h2-9H,10H2,1H3,(H,19,25)(H,20,23)(H,21,22,24). The van der Waals surface area contributed by atoms with E-state index in [9.17, 15) is 14.4 Å². The first-order chi connectivity index (χ1) is 12.0. The molecule has 0 aliphatic carbocycles. The Hall–Kier alpha value is -3.48. The van der Waals surface area contributed by atoms with Crippen LogP contribution < -0.4 is 16.2 Å². The Morgan fingerprint density at radius 3 is 2.72 bits per heavy atom. The van der Waals surface area contributed by atoms with Crippen LogP contribution in [0.2, 0.25) is 0 Å². The quantitative estimate of drug-likeness (QED) is 0.676. The Morgan fingerprint density at radius 2 is 1.92 bits per heavy atom. The van der Waals surface area contributed by atoms with Gasteiger partial charge in [0.15, 0.2) is 5.82 Å². The minimum absolute atomic E-state index is 0.0401. The fourth-order valence-electron chi connectivity index (χ4n) is 2.42. The second-order valence-electron chi connectivity index (χ2n) is 5.50. The van der Waals surface area contributed by atoms with Gasteiger partial charge in [0.1, 0.15) is 0 Å². The van der Waals surface area contributed by atoms with E-state index in [0.717, 1.165) is 5.56 Å². The smallest absolute Gasteiger partial charge is 0.287 e. The van der Waals surface area contributed by atoms with Gasteiger partial charge in [-0.2, -0.15) is 0 Å². The number of aromatic amines is 1. The minimum atomic E-state index is -0.479. The predicted octanol–water partition coefficient (Wildman–Crippen LogP) is 1.81. The van der Waals surface area contributed by atoms with Gasteiger partial charge in [-0.25, -0.2) is 4.98 Å². The van der Waals surface area contributed by atoms with Crippen molar-refractivity contribution in [1.29, 1.82) is 0 Å². The van der Waals surface area contributed by atoms with E-state index >= 15 is 0 Å². The van der Waals surface area contributed by atoms with E-state index in [1.807, 2.05) is 6.07 Å². The summed E-state index contributed by atoms with van der Waals surface area (Å²) in [5.74, 6) is -0.686. The topological polar surface area (TPSA) is 104 Å². The number of fused-ring (bicyclic) bond motifs is 1. The SMILES string of the molecule is CC(=O)Nc1cccc(CNC(=O)c2nc3ccccc3c(=O)[nH]2)c1. The highest BCUT2D eigenvalue weighted by molar-refractivity contribution is 5.92. The molecule has 0 radical (unpaired) electrons. The molecule has 0 bridgehead atoms. The van der Waals surface area contributed by atoms with E-state index in [2.05, 4.69) is 20.6 Å². The van der Waals surface area contributed by atoms with E-state index < -0.39 is 5.91 Å². The van der Waals surface area contributed by atoms with E-state index in [1.54, 1.807) is 42.5 Å². The summed E-state index contributed by atoms with van der Waals surface area (Å²) in [6, 6.07) is 13.9. The van der Waals surface area contributed by atoms with Crippen LogP contribution >= 0.6 is 0 Å². The molecule has 0 saturated carbocycles. The Labute approximate surface area is 143 Å². The second kappa shape index (κ2) is 6.96. The number of H-pyrrole nitrogens is 1. The molecule has 25 heavy (non-hydrogen) atoms. The maximum Gasteiger partial charge on any atom is 0.287 e. The molecule has 3 aromatic rings. The summed E-state index contributed by atoms with van der Waals surface area (Å²) in [4.78, 5) is 42.0. The zero-order valence-electron chi connectivity index (χ0n) is 13.5. The van der Waals surface area contributed by atoms with Crippen LogP contribution in [-0.4, -0.2) is 21.8 Å². The summed E-state index contributed by atoms with van der Waals surface area (Å²) in [6.45, 7) is 1.67. The molecule has 7 heteroatoms. The molecule has 126 valence electrons. The molecule has 2 aromatic carbocycles. The zero-order chi connectivity index (χ0) is 17.8. The van der Waals surface area contributed by atoms with Crippen LogP contribution in [-0.2, 0) is 11.3 Å². The number of aromatic nitrogens is 2. The third-order valence-corrected chi connectivity index (χ3v) is 3.53. The van der Waals surface area contributed by atoms with Gasteiger partial charge in [0, 0.05) is 19.2 Å². The Bertz CT molecular complexity index is 1010. The summed E-state index contributed by atoms with van der Waals surface area (Å²) >= 11 is 0. The lowest BCUT2D eigenvalue weighted by Gasteiger charge is -2.08. The second-order valence-corrected chi connectivity index (χ2v) is 5.50. The zero-order valence-corrected chi connectivity index (χ0v) is 13.5. The molecule has 0 aliphatic heterocycles. The fourth-order valence-corrected chi connectivity index (χ4v) is 2.42. The number of para-hydroxylation sites is 1. The number of benzene rings is 2. The molecule has 0 fully saturated rings. The van der Waals surface area contributed by atoms with Crippen LogP contribution in [0.4, 0.5) is 5.69 Å².